The zero-order chi connectivity index (χ0) is 21.1. The Bertz CT molecular complexity index is 1040. The summed E-state index contributed by atoms with van der Waals surface area (Å²) in [5, 5.41) is 2.21. The summed E-state index contributed by atoms with van der Waals surface area (Å²) in [6.07, 6.45) is 4.99. The molecule has 0 radical (unpaired) electrons. The molecule has 0 aromatic heterocycles. The second-order valence-corrected chi connectivity index (χ2v) is 7.42. The third kappa shape index (κ3) is 3.89. The van der Waals surface area contributed by atoms with Crippen molar-refractivity contribution in [1.82, 2.24) is 10.2 Å². The van der Waals surface area contributed by atoms with Crippen molar-refractivity contribution in [2.75, 3.05) is 18.0 Å². The third-order valence-corrected chi connectivity index (χ3v) is 5.34. The van der Waals surface area contributed by atoms with Crippen molar-refractivity contribution >= 4 is 29.6 Å². The van der Waals surface area contributed by atoms with Gasteiger partial charge >= 0.3 is 6.03 Å². The highest BCUT2D eigenvalue weighted by molar-refractivity contribution is 6.31. The van der Waals surface area contributed by atoms with Crippen molar-refractivity contribution in [3.63, 3.8) is 0 Å². The molecule has 2 aliphatic rings. The van der Waals surface area contributed by atoms with E-state index in [2.05, 4.69) is 28.9 Å². The van der Waals surface area contributed by atoms with Crippen LogP contribution < -0.4 is 10.2 Å². The largest absolute Gasteiger partial charge is 0.367 e. The summed E-state index contributed by atoms with van der Waals surface area (Å²) < 4.78 is 0. The van der Waals surface area contributed by atoms with Crippen LogP contribution in [0.5, 0.6) is 0 Å². The number of barbiturate groups is 1. The molecule has 0 bridgehead atoms. The van der Waals surface area contributed by atoms with Gasteiger partial charge in [0.05, 0.1) is 0 Å². The molecule has 6 nitrogen and oxygen atoms in total. The minimum absolute atomic E-state index is 0.0478. The van der Waals surface area contributed by atoms with Crippen LogP contribution in [-0.2, 0) is 22.6 Å². The number of nitrogens with zero attached hydrogens (tertiary/aromatic N) is 2. The highest BCUT2D eigenvalue weighted by atomic mass is 16.2. The number of nitrogens with one attached hydrogen (secondary N) is 1. The van der Waals surface area contributed by atoms with Crippen LogP contribution in [0.1, 0.15) is 23.1 Å². The maximum Gasteiger partial charge on any atom is 0.331 e. The molecule has 2 aliphatic heterocycles. The van der Waals surface area contributed by atoms with Gasteiger partial charge in [0.2, 0.25) is 0 Å². The zero-order valence-corrected chi connectivity index (χ0v) is 16.6. The molecule has 1 fully saturated rings. The minimum Gasteiger partial charge on any atom is -0.367 e. The highest BCUT2D eigenvalue weighted by Gasteiger charge is 2.34. The van der Waals surface area contributed by atoms with Crippen molar-refractivity contribution in [3.8, 4) is 0 Å². The van der Waals surface area contributed by atoms with Crippen LogP contribution in [0.25, 0.3) is 6.08 Å². The predicted molar refractivity (Wildman–Crippen MR) is 116 cm³/mol. The van der Waals surface area contributed by atoms with E-state index in [1.165, 1.54) is 22.9 Å². The van der Waals surface area contributed by atoms with E-state index in [1.807, 2.05) is 36.4 Å². The van der Waals surface area contributed by atoms with Gasteiger partial charge in [0, 0.05) is 25.3 Å². The van der Waals surface area contributed by atoms with Crippen LogP contribution in [0.3, 0.4) is 0 Å². The van der Waals surface area contributed by atoms with Crippen molar-refractivity contribution in [2.24, 2.45) is 0 Å². The smallest absolute Gasteiger partial charge is 0.331 e. The SMILES string of the molecule is C=CCN1C(=O)NC(=O)/C(=C\c2ccc3c(c2)CCCN3Cc2ccccc2)C1=O. The minimum atomic E-state index is -0.718. The Labute approximate surface area is 175 Å². The van der Waals surface area contributed by atoms with Crippen molar-refractivity contribution in [3.05, 3.63) is 83.4 Å². The van der Waals surface area contributed by atoms with Gasteiger partial charge in [0.15, 0.2) is 0 Å². The molecule has 1 saturated heterocycles. The van der Waals surface area contributed by atoms with Gasteiger partial charge in [-0.3, -0.25) is 19.8 Å². The number of hydrogen-bond donors (Lipinski definition) is 1. The lowest BCUT2D eigenvalue weighted by atomic mass is 9.97. The lowest BCUT2D eigenvalue weighted by molar-refractivity contribution is -0.129. The van der Waals surface area contributed by atoms with E-state index in [0.717, 1.165) is 36.4 Å². The van der Waals surface area contributed by atoms with E-state index >= 15 is 0 Å². The second-order valence-electron chi connectivity index (χ2n) is 7.42. The average molecular weight is 401 g/mol. The Morgan fingerprint density at radius 1 is 1.07 bits per heavy atom. The summed E-state index contributed by atoms with van der Waals surface area (Å²) in [7, 11) is 0. The van der Waals surface area contributed by atoms with E-state index in [9.17, 15) is 14.4 Å². The van der Waals surface area contributed by atoms with E-state index in [1.54, 1.807) is 6.08 Å². The monoisotopic (exact) mass is 401 g/mol. The number of benzene rings is 2. The van der Waals surface area contributed by atoms with E-state index in [0.29, 0.717) is 0 Å². The Morgan fingerprint density at radius 3 is 2.63 bits per heavy atom. The van der Waals surface area contributed by atoms with Crippen LogP contribution in [0.15, 0.2) is 66.8 Å². The van der Waals surface area contributed by atoms with Crippen LogP contribution in [0.2, 0.25) is 0 Å². The summed E-state index contributed by atoms with van der Waals surface area (Å²) in [6, 6.07) is 15.6. The molecule has 6 heteroatoms. The number of imide groups is 2. The molecule has 152 valence electrons. The van der Waals surface area contributed by atoms with Crippen LogP contribution in [-0.4, -0.2) is 35.8 Å². The number of rotatable bonds is 5. The maximum absolute atomic E-state index is 12.6. The summed E-state index contributed by atoms with van der Waals surface area (Å²) in [6.45, 7) is 5.43. The zero-order valence-electron chi connectivity index (χ0n) is 16.6. The topological polar surface area (TPSA) is 69.7 Å². The molecule has 0 atom stereocenters. The number of carbonyl (C=O) groups is 3. The second kappa shape index (κ2) is 8.37. The molecule has 0 saturated carbocycles. The fourth-order valence-corrected chi connectivity index (χ4v) is 3.91. The number of hydrogen-bond acceptors (Lipinski definition) is 4. The Balaban J connectivity index is 1.60. The summed E-state index contributed by atoms with van der Waals surface area (Å²) in [4.78, 5) is 40.0. The first-order valence-electron chi connectivity index (χ1n) is 9.98. The van der Waals surface area contributed by atoms with Crippen LogP contribution in [0.4, 0.5) is 10.5 Å². The molecule has 4 rings (SSSR count). The van der Waals surface area contributed by atoms with Gasteiger partial charge in [-0.1, -0.05) is 42.5 Å². The van der Waals surface area contributed by atoms with Crippen molar-refractivity contribution in [1.29, 1.82) is 0 Å². The fraction of sp³-hybridized carbons (Fsp3) is 0.208. The number of fused-ring (bicyclic) bond motifs is 1. The molecule has 0 unspecified atom stereocenters. The number of urea groups is 1. The third-order valence-electron chi connectivity index (χ3n) is 5.34. The summed E-state index contributed by atoms with van der Waals surface area (Å²) in [5.41, 5.74) is 4.34. The Morgan fingerprint density at radius 2 is 1.87 bits per heavy atom. The van der Waals surface area contributed by atoms with Crippen LogP contribution in [0, 0.1) is 0 Å². The average Bonchev–Trinajstić information content (AvgIpc) is 2.75. The standard InChI is InChI=1S/C24H23N3O3/c1-2-12-27-23(29)20(22(28)25-24(27)30)15-18-10-11-21-19(14-18)9-6-13-26(21)16-17-7-4-3-5-8-17/h2-5,7-8,10-11,14-15H,1,6,9,12-13,16H2,(H,25,28,30)/b20-15+. The first kappa shape index (κ1) is 19.6. The predicted octanol–water partition coefficient (Wildman–Crippen LogP) is 3.29. The lowest BCUT2D eigenvalue weighted by Gasteiger charge is -2.31. The van der Waals surface area contributed by atoms with E-state index in [-0.39, 0.29) is 12.1 Å². The molecular formula is C24H23N3O3. The van der Waals surface area contributed by atoms with Crippen LogP contribution >= 0.6 is 0 Å². The fourth-order valence-electron chi connectivity index (χ4n) is 3.91. The van der Waals surface area contributed by atoms with Gasteiger partial charge in [0.1, 0.15) is 5.57 Å². The van der Waals surface area contributed by atoms with Gasteiger partial charge in [-0.2, -0.15) is 0 Å². The Hall–Kier alpha value is -3.67. The normalized spacial score (nSPS) is 17.7. The molecule has 0 aliphatic carbocycles. The number of anilines is 1. The number of amides is 4. The lowest BCUT2D eigenvalue weighted by Crippen LogP contribution is -2.54. The molecule has 2 heterocycles. The highest BCUT2D eigenvalue weighted by Crippen LogP contribution is 2.30. The van der Waals surface area contributed by atoms with E-state index in [4.69, 9.17) is 0 Å². The molecular weight excluding hydrogens is 378 g/mol. The molecule has 0 spiro atoms. The molecule has 1 N–H and O–H groups in total. The van der Waals surface area contributed by atoms with Gasteiger partial charge < -0.3 is 4.90 Å². The van der Waals surface area contributed by atoms with Gasteiger partial charge in [0.25, 0.3) is 11.8 Å². The molecule has 4 amide bonds. The molecule has 2 aromatic rings. The van der Waals surface area contributed by atoms with Gasteiger partial charge in [-0.25, -0.2) is 4.79 Å². The summed E-state index contributed by atoms with van der Waals surface area (Å²) >= 11 is 0. The Kier molecular flexibility index (Phi) is 5.48. The van der Waals surface area contributed by atoms with Crippen molar-refractivity contribution < 1.29 is 14.4 Å². The van der Waals surface area contributed by atoms with Gasteiger partial charge in [-0.15, -0.1) is 6.58 Å². The summed E-state index contributed by atoms with van der Waals surface area (Å²) in [5.74, 6) is -1.28. The number of aryl methyl sites for hydroxylation is 1. The quantitative estimate of drug-likeness (QED) is 0.474. The molecule has 30 heavy (non-hydrogen) atoms. The molecule has 2 aromatic carbocycles. The van der Waals surface area contributed by atoms with Crippen molar-refractivity contribution in [2.45, 2.75) is 19.4 Å². The van der Waals surface area contributed by atoms with E-state index < -0.39 is 17.8 Å². The number of carbonyl (C=O) groups excluding carboxylic acids is 3. The van der Waals surface area contributed by atoms with Gasteiger partial charge in [-0.05, 0) is 47.7 Å². The maximum atomic E-state index is 12.6. The first-order valence-corrected chi connectivity index (χ1v) is 9.98. The first-order chi connectivity index (χ1) is 14.6.